The van der Waals surface area contributed by atoms with Gasteiger partial charge in [-0.3, -0.25) is 0 Å². The maximum atomic E-state index is 6.17. The van der Waals surface area contributed by atoms with E-state index in [0.29, 0.717) is 0 Å². The monoisotopic (exact) mass is 382 g/mol. The molecule has 0 unspecified atom stereocenters. The Morgan fingerprint density at radius 2 is 1.10 bits per heavy atom. The molecule has 0 aliphatic carbocycles. The first-order valence-electron chi connectivity index (χ1n) is 10.1. The Hall–Kier alpha value is -2.62. The highest BCUT2D eigenvalue weighted by Crippen LogP contribution is 2.36. The molecule has 0 amide bonds. The summed E-state index contributed by atoms with van der Waals surface area (Å²) in [5.74, 6) is 0. The molecule has 3 aromatic carbocycles. The van der Waals surface area contributed by atoms with Gasteiger partial charge >= 0.3 is 7.12 Å². The molecule has 0 saturated carbocycles. The van der Waals surface area contributed by atoms with Gasteiger partial charge in [-0.25, -0.2) is 0 Å². The molecule has 0 radical (unpaired) electrons. The molecule has 1 aliphatic heterocycles. The average Bonchev–Trinajstić information content (AvgIpc) is 2.95. The molecule has 0 bridgehead atoms. The Morgan fingerprint density at radius 3 is 1.55 bits per heavy atom. The van der Waals surface area contributed by atoms with Crippen LogP contribution < -0.4 is 5.46 Å². The Balaban J connectivity index is 1.65. The van der Waals surface area contributed by atoms with E-state index < -0.39 is 0 Å². The topological polar surface area (TPSA) is 18.5 Å². The molecule has 0 spiro atoms. The van der Waals surface area contributed by atoms with E-state index in [-0.39, 0.29) is 18.3 Å². The summed E-state index contributed by atoms with van der Waals surface area (Å²) in [4.78, 5) is 0. The average molecular weight is 382 g/mol. The van der Waals surface area contributed by atoms with E-state index in [0.717, 1.165) is 11.0 Å². The van der Waals surface area contributed by atoms with Crippen molar-refractivity contribution in [3.8, 4) is 0 Å². The van der Waals surface area contributed by atoms with E-state index in [1.165, 1.54) is 16.7 Å². The van der Waals surface area contributed by atoms with Crippen LogP contribution in [-0.4, -0.2) is 18.3 Å². The number of hydrogen-bond donors (Lipinski definition) is 0. The van der Waals surface area contributed by atoms with E-state index in [4.69, 9.17) is 9.31 Å². The second-order valence-corrected chi connectivity index (χ2v) is 8.54. The van der Waals surface area contributed by atoms with Crippen LogP contribution in [0.4, 0.5) is 0 Å². The van der Waals surface area contributed by atoms with Crippen LogP contribution in [0, 0.1) is 0 Å². The zero-order chi connectivity index (χ0) is 20.5. The number of hydrogen-bond acceptors (Lipinski definition) is 2. The summed E-state index contributed by atoms with van der Waals surface area (Å²) in [6, 6.07) is 29.5. The summed E-state index contributed by atoms with van der Waals surface area (Å²) in [5, 5.41) is 0. The zero-order valence-corrected chi connectivity index (χ0v) is 17.6. The first kappa shape index (κ1) is 19.7. The van der Waals surface area contributed by atoms with Gasteiger partial charge in [0.15, 0.2) is 0 Å². The van der Waals surface area contributed by atoms with Gasteiger partial charge in [-0.1, -0.05) is 84.9 Å². The van der Waals surface area contributed by atoms with Crippen molar-refractivity contribution in [3.05, 3.63) is 102 Å². The van der Waals surface area contributed by atoms with Crippen LogP contribution in [0.2, 0.25) is 0 Å². The molecular formula is C26H27BO2. The first-order valence-corrected chi connectivity index (χ1v) is 10.1. The molecule has 0 atom stereocenters. The third kappa shape index (κ3) is 4.07. The lowest BCUT2D eigenvalue weighted by molar-refractivity contribution is 0.00578. The van der Waals surface area contributed by atoms with Crippen molar-refractivity contribution in [2.24, 2.45) is 0 Å². The molecule has 1 aliphatic rings. The van der Waals surface area contributed by atoms with Crippen LogP contribution in [0.3, 0.4) is 0 Å². The van der Waals surface area contributed by atoms with Gasteiger partial charge in [0.05, 0.1) is 11.2 Å². The maximum Gasteiger partial charge on any atom is 0.494 e. The summed E-state index contributed by atoms with van der Waals surface area (Å²) >= 11 is 0. The van der Waals surface area contributed by atoms with Crippen LogP contribution in [0.5, 0.6) is 0 Å². The van der Waals surface area contributed by atoms with Crippen molar-refractivity contribution >= 4 is 24.2 Å². The molecule has 3 heteroatoms. The summed E-state index contributed by atoms with van der Waals surface area (Å²) in [6.07, 6.45) is 2.23. The normalized spacial score (nSPS) is 17.2. The highest BCUT2D eigenvalue weighted by atomic mass is 16.7. The van der Waals surface area contributed by atoms with Gasteiger partial charge in [0.25, 0.3) is 0 Å². The molecule has 0 N–H and O–H groups in total. The van der Waals surface area contributed by atoms with E-state index in [1.807, 2.05) is 12.1 Å². The number of benzene rings is 3. The standard InChI is InChI=1S/C26H27BO2/c1-25(2)26(3,4)29-27(28-25)23-17-15-20(16-18-23)19-24(21-11-7-5-8-12-21)22-13-9-6-10-14-22/h5-19H,1-4H3. The summed E-state index contributed by atoms with van der Waals surface area (Å²) < 4.78 is 12.3. The second-order valence-electron chi connectivity index (χ2n) is 8.54. The maximum absolute atomic E-state index is 6.17. The van der Waals surface area contributed by atoms with Gasteiger partial charge < -0.3 is 9.31 Å². The van der Waals surface area contributed by atoms with Crippen LogP contribution in [-0.2, 0) is 9.31 Å². The van der Waals surface area contributed by atoms with Crippen molar-refractivity contribution in [1.82, 2.24) is 0 Å². The van der Waals surface area contributed by atoms with Gasteiger partial charge in [0, 0.05) is 0 Å². The first-order chi connectivity index (χ1) is 13.9. The lowest BCUT2D eigenvalue weighted by Gasteiger charge is -2.32. The van der Waals surface area contributed by atoms with Gasteiger partial charge in [0.2, 0.25) is 0 Å². The largest absolute Gasteiger partial charge is 0.494 e. The minimum atomic E-state index is -0.333. The second kappa shape index (κ2) is 7.66. The van der Waals surface area contributed by atoms with E-state index in [9.17, 15) is 0 Å². The molecule has 1 heterocycles. The summed E-state index contributed by atoms with van der Waals surface area (Å²) in [6.45, 7) is 8.32. The molecule has 0 aromatic heterocycles. The van der Waals surface area contributed by atoms with Crippen LogP contribution in [0.25, 0.3) is 11.6 Å². The number of rotatable bonds is 4. The predicted molar refractivity (Wildman–Crippen MR) is 122 cm³/mol. The van der Waals surface area contributed by atoms with Crippen LogP contribution >= 0.6 is 0 Å². The van der Waals surface area contributed by atoms with Crippen molar-refractivity contribution in [3.63, 3.8) is 0 Å². The Labute approximate surface area is 174 Å². The smallest absolute Gasteiger partial charge is 0.399 e. The molecule has 1 saturated heterocycles. The van der Waals surface area contributed by atoms with Gasteiger partial charge in [-0.2, -0.15) is 0 Å². The Kier molecular flexibility index (Phi) is 5.20. The fourth-order valence-electron chi connectivity index (χ4n) is 3.46. The quantitative estimate of drug-likeness (QED) is 0.434. The minimum absolute atomic E-state index is 0.329. The van der Waals surface area contributed by atoms with E-state index >= 15 is 0 Å². The van der Waals surface area contributed by atoms with Crippen molar-refractivity contribution in [1.29, 1.82) is 0 Å². The lowest BCUT2D eigenvalue weighted by Crippen LogP contribution is -2.41. The SMILES string of the molecule is CC1(C)OB(c2ccc(C=C(c3ccccc3)c3ccccc3)cc2)OC1(C)C. The van der Waals surface area contributed by atoms with Crippen molar-refractivity contribution in [2.75, 3.05) is 0 Å². The van der Waals surface area contributed by atoms with E-state index in [2.05, 4.69) is 107 Å². The van der Waals surface area contributed by atoms with Crippen LogP contribution in [0.1, 0.15) is 44.4 Å². The molecular weight excluding hydrogens is 355 g/mol. The third-order valence-corrected chi connectivity index (χ3v) is 5.94. The molecule has 29 heavy (non-hydrogen) atoms. The van der Waals surface area contributed by atoms with Gasteiger partial charge in [0.1, 0.15) is 0 Å². The summed E-state index contributed by atoms with van der Waals surface area (Å²) in [7, 11) is -0.333. The lowest BCUT2D eigenvalue weighted by atomic mass is 9.79. The Bertz CT molecular complexity index is 932. The molecule has 146 valence electrons. The van der Waals surface area contributed by atoms with Gasteiger partial charge in [-0.15, -0.1) is 0 Å². The van der Waals surface area contributed by atoms with Crippen LogP contribution in [0.15, 0.2) is 84.9 Å². The fourth-order valence-corrected chi connectivity index (χ4v) is 3.46. The zero-order valence-electron chi connectivity index (χ0n) is 17.6. The summed E-state index contributed by atoms with van der Waals surface area (Å²) in [5.41, 5.74) is 5.14. The van der Waals surface area contributed by atoms with Crippen molar-refractivity contribution < 1.29 is 9.31 Å². The fraction of sp³-hybridized carbons (Fsp3) is 0.231. The Morgan fingerprint density at radius 1 is 0.655 bits per heavy atom. The molecule has 1 fully saturated rings. The molecule has 2 nitrogen and oxygen atoms in total. The minimum Gasteiger partial charge on any atom is -0.399 e. The van der Waals surface area contributed by atoms with Crippen molar-refractivity contribution in [2.45, 2.75) is 38.9 Å². The van der Waals surface area contributed by atoms with E-state index in [1.54, 1.807) is 0 Å². The third-order valence-electron chi connectivity index (χ3n) is 5.94. The predicted octanol–water partition coefficient (Wildman–Crippen LogP) is 5.57. The molecule has 4 rings (SSSR count). The molecule has 3 aromatic rings. The highest BCUT2D eigenvalue weighted by Gasteiger charge is 2.51. The highest BCUT2D eigenvalue weighted by molar-refractivity contribution is 6.62. The van der Waals surface area contributed by atoms with Gasteiger partial charge in [-0.05, 0) is 61.5 Å².